The van der Waals surface area contributed by atoms with Crippen LogP contribution in [0.25, 0.3) is 0 Å². The van der Waals surface area contributed by atoms with E-state index in [0.717, 1.165) is 5.75 Å². The van der Waals surface area contributed by atoms with Gasteiger partial charge in [-0.25, -0.2) is 0 Å². The second-order valence-corrected chi connectivity index (χ2v) is 6.29. The van der Waals surface area contributed by atoms with Crippen molar-refractivity contribution in [2.45, 2.75) is 26.5 Å². The Hall–Kier alpha value is -2.21. The van der Waals surface area contributed by atoms with Gasteiger partial charge in [0.1, 0.15) is 11.5 Å². The van der Waals surface area contributed by atoms with Crippen LogP contribution in [0.1, 0.15) is 33.0 Å². The maximum absolute atomic E-state index is 11.9. The van der Waals surface area contributed by atoms with Gasteiger partial charge >= 0.3 is 0 Å². The van der Waals surface area contributed by atoms with Crippen molar-refractivity contribution in [2.24, 2.45) is 0 Å². The van der Waals surface area contributed by atoms with Crippen molar-refractivity contribution in [3.05, 3.63) is 58.5 Å². The van der Waals surface area contributed by atoms with Gasteiger partial charge in [-0.05, 0) is 32.4 Å². The third-order valence-electron chi connectivity index (χ3n) is 3.22. The number of benzene rings is 1. The van der Waals surface area contributed by atoms with Crippen molar-refractivity contribution in [3.8, 4) is 0 Å². The Morgan fingerprint density at radius 3 is 2.39 bits per heavy atom. The summed E-state index contributed by atoms with van der Waals surface area (Å²) in [4.78, 5) is 23.7. The van der Waals surface area contributed by atoms with Crippen LogP contribution < -0.4 is 10.9 Å². The minimum atomic E-state index is -0.378. The van der Waals surface area contributed by atoms with Gasteiger partial charge in [-0.1, -0.05) is 29.8 Å². The number of carbonyl (C=O) groups is 2. The van der Waals surface area contributed by atoms with Crippen LogP contribution >= 0.6 is 11.8 Å². The molecule has 0 aliphatic rings. The summed E-state index contributed by atoms with van der Waals surface area (Å²) in [7, 11) is 0. The highest BCUT2D eigenvalue weighted by Gasteiger charge is 2.13. The average Bonchev–Trinajstić information content (AvgIpc) is 2.85. The van der Waals surface area contributed by atoms with Crippen LogP contribution in [0.3, 0.4) is 0 Å². The van der Waals surface area contributed by atoms with E-state index >= 15 is 0 Å². The molecular weight excluding hydrogens is 312 g/mol. The normalized spacial score (nSPS) is 10.4. The Morgan fingerprint density at radius 2 is 1.78 bits per heavy atom. The third-order valence-corrected chi connectivity index (χ3v) is 4.23. The lowest BCUT2D eigenvalue weighted by atomic mass is 10.2. The number of nitrogens with one attached hydrogen (secondary N) is 2. The molecule has 2 rings (SSSR count). The van der Waals surface area contributed by atoms with E-state index in [1.807, 2.05) is 31.2 Å². The number of aryl methyl sites for hydroxylation is 3. The number of furan rings is 1. The molecule has 2 aromatic rings. The van der Waals surface area contributed by atoms with Gasteiger partial charge < -0.3 is 4.42 Å². The Bertz CT molecular complexity index is 692. The van der Waals surface area contributed by atoms with Gasteiger partial charge in [0, 0.05) is 5.75 Å². The third kappa shape index (κ3) is 5.17. The minimum absolute atomic E-state index is 0.242. The predicted molar refractivity (Wildman–Crippen MR) is 91.1 cm³/mol. The zero-order valence-electron chi connectivity index (χ0n) is 13.4. The number of thioether (sulfide) groups is 1. The van der Waals surface area contributed by atoms with Gasteiger partial charge in [-0.3, -0.25) is 20.4 Å². The number of hydrogen-bond donors (Lipinski definition) is 2. The molecule has 6 heteroatoms. The number of rotatable bonds is 5. The smallest absolute Gasteiger partial charge is 0.273 e. The Balaban J connectivity index is 1.71. The highest BCUT2D eigenvalue weighted by atomic mass is 32.2. The molecule has 1 aromatic carbocycles. The van der Waals surface area contributed by atoms with E-state index in [4.69, 9.17) is 4.42 Å². The molecule has 0 aliphatic heterocycles. The van der Waals surface area contributed by atoms with Gasteiger partial charge in [0.2, 0.25) is 5.91 Å². The summed E-state index contributed by atoms with van der Waals surface area (Å²) >= 11 is 1.49. The van der Waals surface area contributed by atoms with E-state index < -0.39 is 0 Å². The maximum atomic E-state index is 11.9. The highest BCUT2D eigenvalue weighted by molar-refractivity contribution is 7.99. The summed E-state index contributed by atoms with van der Waals surface area (Å²) in [5, 5.41) is 0. The fourth-order valence-electron chi connectivity index (χ4n) is 2.03. The van der Waals surface area contributed by atoms with E-state index in [1.54, 1.807) is 19.9 Å². The molecule has 0 aliphatic carbocycles. The number of amides is 2. The SMILES string of the molecule is Cc1ccc(CSCC(=O)NNC(=O)c2cc(C)oc2C)cc1. The van der Waals surface area contributed by atoms with E-state index in [-0.39, 0.29) is 17.6 Å². The van der Waals surface area contributed by atoms with E-state index in [0.29, 0.717) is 17.1 Å². The monoisotopic (exact) mass is 332 g/mol. The summed E-state index contributed by atoms with van der Waals surface area (Å²) in [5.41, 5.74) is 7.62. The molecule has 5 nitrogen and oxygen atoms in total. The molecule has 0 radical (unpaired) electrons. The van der Waals surface area contributed by atoms with Gasteiger partial charge in [0.05, 0.1) is 11.3 Å². The van der Waals surface area contributed by atoms with Crippen molar-refractivity contribution in [1.82, 2.24) is 10.9 Å². The molecule has 0 saturated carbocycles. The summed E-state index contributed by atoms with van der Waals surface area (Å²) in [6, 6.07) is 9.83. The molecular formula is C17H20N2O3S. The van der Waals surface area contributed by atoms with E-state index in [2.05, 4.69) is 10.9 Å². The fourth-order valence-corrected chi connectivity index (χ4v) is 2.82. The quantitative estimate of drug-likeness (QED) is 0.826. The fraction of sp³-hybridized carbons (Fsp3) is 0.294. The first-order valence-electron chi connectivity index (χ1n) is 7.25. The van der Waals surface area contributed by atoms with E-state index in [1.165, 1.54) is 22.9 Å². The van der Waals surface area contributed by atoms with Gasteiger partial charge in [-0.15, -0.1) is 11.8 Å². The molecule has 1 aromatic heterocycles. The molecule has 0 saturated heterocycles. The topological polar surface area (TPSA) is 71.3 Å². The van der Waals surface area contributed by atoms with Crippen molar-refractivity contribution in [3.63, 3.8) is 0 Å². The van der Waals surface area contributed by atoms with Crippen molar-refractivity contribution >= 4 is 23.6 Å². The lowest BCUT2D eigenvalue weighted by Crippen LogP contribution is -2.42. The molecule has 0 spiro atoms. The molecule has 23 heavy (non-hydrogen) atoms. The van der Waals surface area contributed by atoms with Crippen LogP contribution in [0.5, 0.6) is 0 Å². The number of hydrogen-bond acceptors (Lipinski definition) is 4. The van der Waals surface area contributed by atoms with Gasteiger partial charge in [-0.2, -0.15) is 0 Å². The first kappa shape index (κ1) is 17.1. The van der Waals surface area contributed by atoms with Crippen LogP contribution in [0, 0.1) is 20.8 Å². The van der Waals surface area contributed by atoms with Crippen LogP contribution in [-0.4, -0.2) is 17.6 Å². The van der Waals surface area contributed by atoms with E-state index in [9.17, 15) is 9.59 Å². The van der Waals surface area contributed by atoms with Crippen LogP contribution in [0.15, 0.2) is 34.7 Å². The lowest BCUT2D eigenvalue weighted by Gasteiger charge is -2.07. The molecule has 0 atom stereocenters. The van der Waals surface area contributed by atoms with Crippen LogP contribution in [0.2, 0.25) is 0 Å². The zero-order valence-corrected chi connectivity index (χ0v) is 14.3. The number of carbonyl (C=O) groups excluding carboxylic acids is 2. The summed E-state index contributed by atoms with van der Waals surface area (Å²) in [5.74, 6) is 1.60. The van der Waals surface area contributed by atoms with Crippen molar-refractivity contribution in [1.29, 1.82) is 0 Å². The first-order valence-corrected chi connectivity index (χ1v) is 8.40. The van der Waals surface area contributed by atoms with Crippen LogP contribution in [-0.2, 0) is 10.5 Å². The largest absolute Gasteiger partial charge is 0.466 e. The molecule has 0 fully saturated rings. The van der Waals surface area contributed by atoms with Crippen LogP contribution in [0.4, 0.5) is 0 Å². The Labute approximate surface area is 139 Å². The highest BCUT2D eigenvalue weighted by Crippen LogP contribution is 2.14. The summed E-state index contributed by atoms with van der Waals surface area (Å²) < 4.78 is 5.29. The first-order chi connectivity index (χ1) is 11.0. The van der Waals surface area contributed by atoms with Crippen molar-refractivity contribution < 1.29 is 14.0 Å². The number of hydrazine groups is 1. The molecule has 0 unspecified atom stereocenters. The second kappa shape index (κ2) is 7.87. The molecule has 2 amide bonds. The zero-order chi connectivity index (χ0) is 16.8. The predicted octanol–water partition coefficient (Wildman–Crippen LogP) is 2.90. The Morgan fingerprint density at radius 1 is 1.09 bits per heavy atom. The van der Waals surface area contributed by atoms with Gasteiger partial charge in [0.25, 0.3) is 5.91 Å². The van der Waals surface area contributed by atoms with Gasteiger partial charge in [0.15, 0.2) is 0 Å². The molecule has 122 valence electrons. The summed E-state index contributed by atoms with van der Waals surface area (Å²) in [6.45, 7) is 5.52. The molecule has 2 N–H and O–H groups in total. The second-order valence-electron chi connectivity index (χ2n) is 5.31. The molecule has 1 heterocycles. The molecule has 0 bridgehead atoms. The average molecular weight is 332 g/mol. The summed E-state index contributed by atoms with van der Waals surface area (Å²) in [6.07, 6.45) is 0. The standard InChI is InChI=1S/C17H20N2O3S/c1-11-4-6-14(7-5-11)9-23-10-16(20)18-19-17(21)15-8-12(2)22-13(15)3/h4-8H,9-10H2,1-3H3,(H,18,20)(H,19,21). The lowest BCUT2D eigenvalue weighted by molar-refractivity contribution is -0.119. The minimum Gasteiger partial charge on any atom is -0.466 e. The van der Waals surface area contributed by atoms with Crippen molar-refractivity contribution in [2.75, 3.05) is 5.75 Å². The maximum Gasteiger partial charge on any atom is 0.273 e. The Kier molecular flexibility index (Phi) is 5.87.